The van der Waals surface area contributed by atoms with Gasteiger partial charge in [0.05, 0.1) is 6.42 Å². The van der Waals surface area contributed by atoms with Crippen molar-refractivity contribution in [2.45, 2.75) is 38.6 Å². The molecule has 0 radical (unpaired) electrons. The first-order valence-electron chi connectivity index (χ1n) is 5.99. The van der Waals surface area contributed by atoms with Crippen LogP contribution in [0.1, 0.15) is 42.1 Å². The second-order valence-corrected chi connectivity index (χ2v) is 4.49. The molecule has 1 aromatic rings. The van der Waals surface area contributed by atoms with Gasteiger partial charge in [-0.1, -0.05) is 0 Å². The van der Waals surface area contributed by atoms with E-state index in [1.54, 1.807) is 11.8 Å². The molecule has 1 aliphatic rings. The minimum Gasteiger partial charge on any atom is -0.481 e. The lowest BCUT2D eigenvalue weighted by Gasteiger charge is -2.34. The first-order chi connectivity index (χ1) is 8.58. The van der Waals surface area contributed by atoms with Gasteiger partial charge in [0.2, 0.25) is 5.82 Å². The van der Waals surface area contributed by atoms with E-state index in [1.807, 2.05) is 0 Å². The molecular formula is C11H16N4O3. The number of carboxylic acid groups (broad SMARTS) is 1. The number of rotatable bonds is 3. The maximum absolute atomic E-state index is 12.2. The fourth-order valence-corrected chi connectivity index (χ4v) is 2.25. The molecule has 1 aliphatic heterocycles. The highest BCUT2D eigenvalue weighted by Crippen LogP contribution is 2.21. The monoisotopic (exact) mass is 252 g/mol. The van der Waals surface area contributed by atoms with Gasteiger partial charge in [-0.2, -0.15) is 0 Å². The zero-order chi connectivity index (χ0) is 13.1. The maximum Gasteiger partial charge on any atom is 0.305 e. The standard InChI is InChI=1S/C11H16N4O3/c1-7-12-10(14-13-7)11(18)15-5-3-2-4-8(15)6-9(16)17/h8H,2-6H2,1H3,(H,16,17)(H,12,13,14). The molecule has 0 saturated carbocycles. The van der Waals surface area contributed by atoms with E-state index in [4.69, 9.17) is 5.11 Å². The van der Waals surface area contributed by atoms with Crippen molar-refractivity contribution in [1.82, 2.24) is 20.1 Å². The van der Waals surface area contributed by atoms with Crippen molar-refractivity contribution in [3.8, 4) is 0 Å². The van der Waals surface area contributed by atoms with Gasteiger partial charge in [-0.15, -0.1) is 5.10 Å². The zero-order valence-electron chi connectivity index (χ0n) is 10.2. The van der Waals surface area contributed by atoms with E-state index in [1.165, 1.54) is 0 Å². The molecule has 0 aliphatic carbocycles. The Morgan fingerprint density at radius 2 is 2.28 bits per heavy atom. The number of carboxylic acids is 1. The second-order valence-electron chi connectivity index (χ2n) is 4.49. The molecule has 0 aromatic carbocycles. The van der Waals surface area contributed by atoms with Crippen LogP contribution in [0.2, 0.25) is 0 Å². The second kappa shape index (κ2) is 5.16. The maximum atomic E-state index is 12.2. The molecule has 1 atom stereocenters. The molecule has 1 amide bonds. The van der Waals surface area contributed by atoms with Crippen LogP contribution in [0.5, 0.6) is 0 Å². The van der Waals surface area contributed by atoms with E-state index in [2.05, 4.69) is 15.2 Å². The normalized spacial score (nSPS) is 19.8. The molecule has 2 rings (SSSR count). The van der Waals surface area contributed by atoms with Crippen molar-refractivity contribution in [1.29, 1.82) is 0 Å². The summed E-state index contributed by atoms with van der Waals surface area (Å²) in [4.78, 5) is 28.6. The quantitative estimate of drug-likeness (QED) is 0.819. The van der Waals surface area contributed by atoms with Crippen molar-refractivity contribution in [2.24, 2.45) is 0 Å². The molecule has 2 heterocycles. The van der Waals surface area contributed by atoms with Crippen LogP contribution in [0.15, 0.2) is 0 Å². The Morgan fingerprint density at radius 3 is 2.89 bits per heavy atom. The third-order valence-electron chi connectivity index (χ3n) is 3.09. The summed E-state index contributed by atoms with van der Waals surface area (Å²) in [5.74, 6) is -0.480. The summed E-state index contributed by atoms with van der Waals surface area (Å²) in [5.41, 5.74) is 0. The van der Waals surface area contributed by atoms with E-state index in [9.17, 15) is 9.59 Å². The molecule has 1 aromatic heterocycles. The Hall–Kier alpha value is -1.92. The SMILES string of the molecule is Cc1nc(C(=O)N2CCCCC2CC(=O)O)n[nH]1. The number of H-pyrrole nitrogens is 1. The summed E-state index contributed by atoms with van der Waals surface area (Å²) in [6, 6.07) is -0.248. The fraction of sp³-hybridized carbons (Fsp3) is 0.636. The van der Waals surface area contributed by atoms with Gasteiger partial charge in [-0.3, -0.25) is 14.7 Å². The van der Waals surface area contributed by atoms with Crippen molar-refractivity contribution in [3.05, 3.63) is 11.6 Å². The molecule has 2 N–H and O–H groups in total. The number of piperidine rings is 1. The molecular weight excluding hydrogens is 236 g/mol. The number of aromatic nitrogens is 3. The van der Waals surface area contributed by atoms with Gasteiger partial charge < -0.3 is 10.0 Å². The lowest BCUT2D eigenvalue weighted by molar-refractivity contribution is -0.138. The van der Waals surface area contributed by atoms with Crippen molar-refractivity contribution < 1.29 is 14.7 Å². The Kier molecular flexibility index (Phi) is 3.59. The lowest BCUT2D eigenvalue weighted by Crippen LogP contribution is -2.45. The summed E-state index contributed by atoms with van der Waals surface area (Å²) >= 11 is 0. The van der Waals surface area contributed by atoms with Gasteiger partial charge in [-0.25, -0.2) is 4.98 Å². The molecule has 0 spiro atoms. The van der Waals surface area contributed by atoms with Gasteiger partial charge in [0.1, 0.15) is 5.82 Å². The Labute approximate surface area is 104 Å². The van der Waals surface area contributed by atoms with Crippen LogP contribution >= 0.6 is 0 Å². The number of carbonyl (C=O) groups is 2. The third-order valence-corrected chi connectivity index (χ3v) is 3.09. The topological polar surface area (TPSA) is 99.2 Å². The molecule has 18 heavy (non-hydrogen) atoms. The number of amides is 1. The van der Waals surface area contributed by atoms with Crippen LogP contribution in [-0.4, -0.2) is 49.7 Å². The first kappa shape index (κ1) is 12.5. The van der Waals surface area contributed by atoms with Gasteiger partial charge in [-0.05, 0) is 26.2 Å². The van der Waals surface area contributed by atoms with Crippen LogP contribution < -0.4 is 0 Å². The number of aromatic amines is 1. The average molecular weight is 252 g/mol. The first-order valence-corrected chi connectivity index (χ1v) is 5.99. The summed E-state index contributed by atoms with van der Waals surface area (Å²) < 4.78 is 0. The molecule has 7 nitrogen and oxygen atoms in total. The predicted octanol–water partition coefficient (Wildman–Crippen LogP) is 0.583. The molecule has 0 bridgehead atoms. The number of likely N-dealkylation sites (tertiary alicyclic amines) is 1. The van der Waals surface area contributed by atoms with E-state index < -0.39 is 5.97 Å². The molecule has 7 heteroatoms. The highest BCUT2D eigenvalue weighted by atomic mass is 16.4. The number of hydrogen-bond donors (Lipinski definition) is 2. The minimum absolute atomic E-state index is 0.0187. The Morgan fingerprint density at radius 1 is 1.50 bits per heavy atom. The predicted molar refractivity (Wildman–Crippen MR) is 62.0 cm³/mol. The van der Waals surface area contributed by atoms with Gasteiger partial charge >= 0.3 is 5.97 Å². The van der Waals surface area contributed by atoms with E-state index in [0.717, 1.165) is 19.3 Å². The third kappa shape index (κ3) is 2.66. The highest BCUT2D eigenvalue weighted by Gasteiger charge is 2.30. The largest absolute Gasteiger partial charge is 0.481 e. The fourth-order valence-electron chi connectivity index (χ4n) is 2.25. The Bertz CT molecular complexity index is 457. The minimum atomic E-state index is -0.883. The van der Waals surface area contributed by atoms with Crippen LogP contribution in [0.3, 0.4) is 0 Å². The van der Waals surface area contributed by atoms with Crippen LogP contribution in [0.4, 0.5) is 0 Å². The van der Waals surface area contributed by atoms with Crippen LogP contribution in [0, 0.1) is 6.92 Å². The number of hydrogen-bond acceptors (Lipinski definition) is 4. The zero-order valence-corrected chi connectivity index (χ0v) is 10.2. The lowest BCUT2D eigenvalue weighted by atomic mass is 9.99. The number of nitrogens with one attached hydrogen (secondary N) is 1. The highest BCUT2D eigenvalue weighted by molar-refractivity contribution is 5.91. The molecule has 1 saturated heterocycles. The van der Waals surface area contributed by atoms with Crippen LogP contribution in [0.25, 0.3) is 0 Å². The molecule has 98 valence electrons. The summed E-state index contributed by atoms with van der Waals surface area (Å²) in [5, 5.41) is 15.3. The van der Waals surface area contributed by atoms with Gasteiger partial charge in [0.25, 0.3) is 5.91 Å². The average Bonchev–Trinajstić information content (AvgIpc) is 2.75. The molecule has 1 unspecified atom stereocenters. The number of aryl methyl sites for hydroxylation is 1. The van der Waals surface area contributed by atoms with Crippen molar-refractivity contribution >= 4 is 11.9 Å². The number of nitrogens with zero attached hydrogens (tertiary/aromatic N) is 3. The Balaban J connectivity index is 2.13. The smallest absolute Gasteiger partial charge is 0.305 e. The number of aliphatic carboxylic acids is 1. The van der Waals surface area contributed by atoms with Gasteiger partial charge in [0.15, 0.2) is 0 Å². The summed E-state index contributed by atoms with van der Waals surface area (Å²) in [7, 11) is 0. The molecule has 1 fully saturated rings. The van der Waals surface area contributed by atoms with Crippen LogP contribution in [-0.2, 0) is 4.79 Å². The van der Waals surface area contributed by atoms with E-state index >= 15 is 0 Å². The summed E-state index contributed by atoms with van der Waals surface area (Å²) in [6.07, 6.45) is 2.55. The van der Waals surface area contributed by atoms with E-state index in [-0.39, 0.29) is 24.2 Å². The van der Waals surface area contributed by atoms with Gasteiger partial charge in [0, 0.05) is 12.6 Å². The van der Waals surface area contributed by atoms with E-state index in [0.29, 0.717) is 12.4 Å². The summed E-state index contributed by atoms with van der Waals surface area (Å²) in [6.45, 7) is 2.29. The van der Waals surface area contributed by atoms with Crippen molar-refractivity contribution in [2.75, 3.05) is 6.54 Å². The number of carbonyl (C=O) groups excluding carboxylic acids is 1. The van der Waals surface area contributed by atoms with Crippen molar-refractivity contribution in [3.63, 3.8) is 0 Å².